The Bertz CT molecular complexity index is 484. The minimum atomic E-state index is 0.523. The van der Waals surface area contributed by atoms with Gasteiger partial charge in [-0.1, -0.05) is 43.7 Å². The zero-order valence-electron chi connectivity index (χ0n) is 15.8. The second-order valence-corrected chi connectivity index (χ2v) is 6.65. The van der Waals surface area contributed by atoms with Crippen molar-refractivity contribution >= 4 is 5.96 Å². The normalized spacial score (nSPS) is 16.8. The maximum atomic E-state index is 5.70. The summed E-state index contributed by atoms with van der Waals surface area (Å²) in [6.07, 6.45) is 4.97. The van der Waals surface area contributed by atoms with Crippen molar-refractivity contribution in [1.82, 2.24) is 15.5 Å². The molecule has 2 N–H and O–H groups in total. The summed E-state index contributed by atoms with van der Waals surface area (Å²) in [5.41, 5.74) is 1.21. The van der Waals surface area contributed by atoms with E-state index in [1.807, 2.05) is 25.2 Å². The van der Waals surface area contributed by atoms with Gasteiger partial charge in [0.2, 0.25) is 0 Å². The number of unbranched alkanes of at least 4 members (excludes halogenated alkanes) is 1. The summed E-state index contributed by atoms with van der Waals surface area (Å²) in [5, 5.41) is 6.90. The first-order valence-corrected chi connectivity index (χ1v) is 9.63. The first-order chi connectivity index (χ1) is 12.3. The molecule has 0 aliphatic carbocycles. The van der Waals surface area contributed by atoms with E-state index < -0.39 is 0 Å². The number of nitrogens with zero attached hydrogens (tertiary/aromatic N) is 2. The summed E-state index contributed by atoms with van der Waals surface area (Å²) in [6, 6.07) is 10.8. The van der Waals surface area contributed by atoms with Gasteiger partial charge in [-0.25, -0.2) is 0 Å². The Balaban J connectivity index is 1.56. The van der Waals surface area contributed by atoms with Gasteiger partial charge >= 0.3 is 0 Å². The van der Waals surface area contributed by atoms with Gasteiger partial charge in [0, 0.05) is 32.7 Å². The summed E-state index contributed by atoms with van der Waals surface area (Å²) < 4.78 is 5.70. The predicted octanol–water partition coefficient (Wildman–Crippen LogP) is 2.63. The van der Waals surface area contributed by atoms with Crippen molar-refractivity contribution in [3.05, 3.63) is 35.9 Å². The Morgan fingerprint density at radius 3 is 2.68 bits per heavy atom. The average Bonchev–Trinajstić information content (AvgIpc) is 2.67. The first-order valence-electron chi connectivity index (χ1n) is 9.63. The van der Waals surface area contributed by atoms with E-state index in [0.29, 0.717) is 19.3 Å². The van der Waals surface area contributed by atoms with Crippen molar-refractivity contribution in [2.45, 2.75) is 45.3 Å². The molecule has 0 radical (unpaired) electrons. The molecule has 0 spiro atoms. The average molecular weight is 347 g/mol. The number of aliphatic imine (C=N–C) groups is 1. The van der Waals surface area contributed by atoms with Gasteiger partial charge in [0.15, 0.2) is 5.96 Å². The van der Waals surface area contributed by atoms with E-state index in [1.54, 1.807) is 0 Å². The zero-order chi connectivity index (χ0) is 17.7. The number of ether oxygens (including phenoxy) is 1. The molecule has 0 aromatic heterocycles. The van der Waals surface area contributed by atoms with Gasteiger partial charge < -0.3 is 20.3 Å². The molecule has 0 unspecified atom stereocenters. The first kappa shape index (κ1) is 19.7. The van der Waals surface area contributed by atoms with Gasteiger partial charge in [0.1, 0.15) is 0 Å². The second-order valence-electron chi connectivity index (χ2n) is 6.65. The Labute approximate surface area is 152 Å². The van der Waals surface area contributed by atoms with E-state index in [-0.39, 0.29) is 0 Å². The van der Waals surface area contributed by atoms with E-state index in [4.69, 9.17) is 4.74 Å². The number of guanidine groups is 1. The highest BCUT2D eigenvalue weighted by molar-refractivity contribution is 5.79. The van der Waals surface area contributed by atoms with E-state index in [9.17, 15) is 0 Å². The van der Waals surface area contributed by atoms with Crippen molar-refractivity contribution < 1.29 is 4.74 Å². The monoisotopic (exact) mass is 346 g/mol. The van der Waals surface area contributed by atoms with Crippen molar-refractivity contribution in [3.63, 3.8) is 0 Å². The predicted molar refractivity (Wildman–Crippen MR) is 105 cm³/mol. The molecule has 2 rings (SSSR count). The maximum Gasteiger partial charge on any atom is 0.191 e. The summed E-state index contributed by atoms with van der Waals surface area (Å²) in [6.45, 7) is 7.98. The lowest BCUT2D eigenvalue weighted by Crippen LogP contribution is -2.49. The van der Waals surface area contributed by atoms with Gasteiger partial charge in [0.05, 0.1) is 13.2 Å². The molecular formula is C20H34N4O. The number of nitrogens with one attached hydrogen (secondary N) is 2. The Hall–Kier alpha value is -1.59. The fraction of sp³-hybridized carbons (Fsp3) is 0.650. The maximum absolute atomic E-state index is 5.70. The molecule has 0 bridgehead atoms. The quantitative estimate of drug-likeness (QED) is 0.410. The van der Waals surface area contributed by atoms with Crippen LogP contribution in [-0.4, -0.2) is 56.7 Å². The van der Waals surface area contributed by atoms with Gasteiger partial charge in [-0.3, -0.25) is 4.99 Å². The van der Waals surface area contributed by atoms with Crippen LogP contribution in [0.2, 0.25) is 0 Å². The lowest BCUT2D eigenvalue weighted by molar-refractivity contribution is 0.125. The van der Waals surface area contributed by atoms with Crippen LogP contribution in [0.5, 0.6) is 0 Å². The molecule has 5 nitrogen and oxygen atoms in total. The second kappa shape index (κ2) is 11.9. The summed E-state index contributed by atoms with van der Waals surface area (Å²) >= 11 is 0. The molecule has 0 atom stereocenters. The topological polar surface area (TPSA) is 48.9 Å². The van der Waals surface area contributed by atoms with Crippen LogP contribution in [0.15, 0.2) is 35.3 Å². The summed E-state index contributed by atoms with van der Waals surface area (Å²) in [4.78, 5) is 6.91. The standard InChI is InChI=1S/C20H34N4O/c1-3-4-13-24-14-10-19(11-15-24)23-20(21-2)22-12-16-25-17-18-8-6-5-7-9-18/h5-9,19H,3-4,10-17H2,1-2H3,(H2,21,22,23). The van der Waals surface area contributed by atoms with E-state index in [0.717, 1.165) is 12.5 Å². The van der Waals surface area contributed by atoms with E-state index in [2.05, 4.69) is 39.6 Å². The highest BCUT2D eigenvalue weighted by Gasteiger charge is 2.19. The third-order valence-corrected chi connectivity index (χ3v) is 4.63. The number of benzene rings is 1. The Kier molecular flexibility index (Phi) is 9.37. The molecule has 1 aromatic carbocycles. The number of rotatable bonds is 9. The van der Waals surface area contributed by atoms with Gasteiger partial charge in [-0.15, -0.1) is 0 Å². The SMILES string of the molecule is CCCCN1CCC(NC(=NC)NCCOCc2ccccc2)CC1. The molecule has 1 aliphatic heterocycles. The molecule has 5 heteroatoms. The molecule has 1 aromatic rings. The smallest absolute Gasteiger partial charge is 0.191 e. The molecule has 1 heterocycles. The highest BCUT2D eigenvalue weighted by atomic mass is 16.5. The van der Waals surface area contributed by atoms with Crippen LogP contribution in [0.4, 0.5) is 0 Å². The molecule has 1 saturated heterocycles. The number of likely N-dealkylation sites (tertiary alicyclic amines) is 1. The fourth-order valence-corrected chi connectivity index (χ4v) is 3.08. The molecule has 1 aliphatic rings. The highest BCUT2D eigenvalue weighted by Crippen LogP contribution is 2.11. The van der Waals surface area contributed by atoms with Crippen molar-refractivity contribution in [1.29, 1.82) is 0 Å². The van der Waals surface area contributed by atoms with Crippen molar-refractivity contribution in [2.75, 3.05) is 39.8 Å². The Morgan fingerprint density at radius 1 is 1.24 bits per heavy atom. The number of hydrogen-bond donors (Lipinski definition) is 2. The molecular weight excluding hydrogens is 312 g/mol. The largest absolute Gasteiger partial charge is 0.375 e. The van der Waals surface area contributed by atoms with E-state index >= 15 is 0 Å². The molecule has 1 fully saturated rings. The number of piperidine rings is 1. The van der Waals surface area contributed by atoms with Crippen LogP contribution in [0, 0.1) is 0 Å². The third kappa shape index (κ3) is 7.88. The van der Waals surface area contributed by atoms with Crippen LogP contribution >= 0.6 is 0 Å². The lowest BCUT2D eigenvalue weighted by Gasteiger charge is -2.33. The van der Waals surface area contributed by atoms with Gasteiger partial charge in [-0.05, 0) is 31.4 Å². The number of hydrogen-bond acceptors (Lipinski definition) is 3. The fourth-order valence-electron chi connectivity index (χ4n) is 3.08. The van der Waals surface area contributed by atoms with Gasteiger partial charge in [-0.2, -0.15) is 0 Å². The van der Waals surface area contributed by atoms with Crippen LogP contribution in [0.25, 0.3) is 0 Å². The van der Waals surface area contributed by atoms with Gasteiger partial charge in [0.25, 0.3) is 0 Å². The Morgan fingerprint density at radius 2 is 2.00 bits per heavy atom. The van der Waals surface area contributed by atoms with Crippen LogP contribution < -0.4 is 10.6 Å². The summed E-state index contributed by atoms with van der Waals surface area (Å²) in [7, 11) is 1.83. The third-order valence-electron chi connectivity index (χ3n) is 4.63. The summed E-state index contributed by atoms with van der Waals surface area (Å²) in [5.74, 6) is 0.885. The molecule has 25 heavy (non-hydrogen) atoms. The van der Waals surface area contributed by atoms with Crippen LogP contribution in [0.3, 0.4) is 0 Å². The van der Waals surface area contributed by atoms with Crippen LogP contribution in [0.1, 0.15) is 38.2 Å². The lowest BCUT2D eigenvalue weighted by atomic mass is 10.0. The van der Waals surface area contributed by atoms with Crippen molar-refractivity contribution in [2.24, 2.45) is 4.99 Å². The van der Waals surface area contributed by atoms with Crippen molar-refractivity contribution in [3.8, 4) is 0 Å². The zero-order valence-corrected chi connectivity index (χ0v) is 15.8. The van der Waals surface area contributed by atoms with Crippen LogP contribution in [-0.2, 0) is 11.3 Å². The molecule has 0 saturated carbocycles. The minimum absolute atomic E-state index is 0.523. The molecule has 0 amide bonds. The minimum Gasteiger partial charge on any atom is -0.375 e. The molecule has 140 valence electrons. The van der Waals surface area contributed by atoms with E-state index in [1.165, 1.54) is 50.9 Å².